The van der Waals surface area contributed by atoms with E-state index in [0.29, 0.717) is 6.04 Å². The molecule has 0 radical (unpaired) electrons. The average molecular weight is 412 g/mol. The third-order valence-corrected chi connectivity index (χ3v) is 3.46. The summed E-state index contributed by atoms with van der Waals surface area (Å²) >= 11 is 0. The Morgan fingerprint density at radius 3 is 2.57 bits per heavy atom. The predicted octanol–water partition coefficient (Wildman–Crippen LogP) is 2.07. The van der Waals surface area contributed by atoms with Crippen molar-refractivity contribution >= 4 is 29.9 Å². The van der Waals surface area contributed by atoms with Gasteiger partial charge in [0.25, 0.3) is 0 Å². The number of nitrogens with zero attached hydrogens (tertiary/aromatic N) is 2. The van der Waals surface area contributed by atoms with Gasteiger partial charge >= 0.3 is 0 Å². The standard InChI is InChI=1S/C15H32N4O.HI/c1-5-16-15(17-9-6-12-20-4)18-10-11-19(13(2)3)14-7-8-14;/h13-14H,5-12H2,1-4H3,(H2,16,17,18);1H. The molecule has 126 valence electrons. The lowest BCUT2D eigenvalue weighted by atomic mass is 10.3. The molecule has 0 aromatic heterocycles. The molecule has 0 aromatic rings. The maximum atomic E-state index is 5.04. The molecule has 5 nitrogen and oxygen atoms in total. The Morgan fingerprint density at radius 2 is 2.05 bits per heavy atom. The fourth-order valence-electron chi connectivity index (χ4n) is 2.31. The van der Waals surface area contributed by atoms with Crippen molar-refractivity contribution in [2.45, 2.75) is 52.1 Å². The van der Waals surface area contributed by atoms with Gasteiger partial charge in [-0.1, -0.05) is 0 Å². The van der Waals surface area contributed by atoms with Gasteiger partial charge < -0.3 is 15.4 Å². The summed E-state index contributed by atoms with van der Waals surface area (Å²) in [5.74, 6) is 0.920. The summed E-state index contributed by atoms with van der Waals surface area (Å²) in [5.41, 5.74) is 0. The predicted molar refractivity (Wildman–Crippen MR) is 101 cm³/mol. The minimum atomic E-state index is 0. The highest BCUT2D eigenvalue weighted by Crippen LogP contribution is 2.27. The van der Waals surface area contributed by atoms with E-state index in [1.165, 1.54) is 12.8 Å². The highest BCUT2D eigenvalue weighted by Gasteiger charge is 2.29. The van der Waals surface area contributed by atoms with Crippen LogP contribution in [0.5, 0.6) is 0 Å². The molecule has 0 aromatic carbocycles. The first-order valence-electron chi connectivity index (χ1n) is 7.95. The van der Waals surface area contributed by atoms with Gasteiger partial charge in [0.15, 0.2) is 5.96 Å². The SMILES string of the molecule is CCNC(=NCCCOC)NCCN(C(C)C)C1CC1.I. The van der Waals surface area contributed by atoms with Crippen LogP contribution in [-0.2, 0) is 4.74 Å². The van der Waals surface area contributed by atoms with Crippen LogP contribution in [0, 0.1) is 0 Å². The van der Waals surface area contributed by atoms with Crippen LogP contribution in [0.1, 0.15) is 40.0 Å². The third kappa shape index (κ3) is 9.52. The summed E-state index contributed by atoms with van der Waals surface area (Å²) in [4.78, 5) is 7.13. The Kier molecular flexibility index (Phi) is 12.4. The maximum absolute atomic E-state index is 5.04. The van der Waals surface area contributed by atoms with E-state index in [1.54, 1.807) is 7.11 Å². The Morgan fingerprint density at radius 1 is 1.33 bits per heavy atom. The van der Waals surface area contributed by atoms with Crippen molar-refractivity contribution in [3.63, 3.8) is 0 Å². The van der Waals surface area contributed by atoms with Gasteiger partial charge in [0.2, 0.25) is 0 Å². The average Bonchev–Trinajstić information content (AvgIpc) is 3.23. The molecule has 1 aliphatic rings. The summed E-state index contributed by atoms with van der Waals surface area (Å²) in [6.45, 7) is 11.2. The van der Waals surface area contributed by atoms with Gasteiger partial charge in [0, 0.05) is 52.0 Å². The van der Waals surface area contributed by atoms with E-state index in [9.17, 15) is 0 Å². The van der Waals surface area contributed by atoms with Gasteiger partial charge in [0.1, 0.15) is 0 Å². The van der Waals surface area contributed by atoms with E-state index in [1.807, 2.05) is 0 Å². The molecule has 0 heterocycles. The van der Waals surface area contributed by atoms with Crippen LogP contribution in [-0.4, -0.2) is 62.8 Å². The van der Waals surface area contributed by atoms with Gasteiger partial charge in [-0.2, -0.15) is 0 Å². The molecule has 1 fully saturated rings. The number of aliphatic imine (C=N–C) groups is 1. The molecule has 0 atom stereocenters. The molecule has 21 heavy (non-hydrogen) atoms. The van der Waals surface area contributed by atoms with Crippen molar-refractivity contribution in [1.82, 2.24) is 15.5 Å². The monoisotopic (exact) mass is 412 g/mol. The van der Waals surface area contributed by atoms with E-state index in [0.717, 1.165) is 51.2 Å². The molecule has 2 N–H and O–H groups in total. The number of hydrogen-bond acceptors (Lipinski definition) is 3. The van der Waals surface area contributed by atoms with Gasteiger partial charge in [0.05, 0.1) is 0 Å². The highest BCUT2D eigenvalue weighted by molar-refractivity contribution is 14.0. The molecule has 0 unspecified atom stereocenters. The number of ether oxygens (including phenoxy) is 1. The largest absolute Gasteiger partial charge is 0.385 e. The zero-order chi connectivity index (χ0) is 14.8. The Bertz CT molecular complexity index is 281. The van der Waals surface area contributed by atoms with Crippen molar-refractivity contribution < 1.29 is 4.74 Å². The van der Waals surface area contributed by atoms with Crippen molar-refractivity contribution in [3.05, 3.63) is 0 Å². The molecule has 0 spiro atoms. The Labute approximate surface area is 147 Å². The fraction of sp³-hybridized carbons (Fsp3) is 0.933. The lowest BCUT2D eigenvalue weighted by Crippen LogP contribution is -2.44. The first kappa shape index (κ1) is 20.9. The molecule has 0 amide bonds. The molecule has 0 bridgehead atoms. The quantitative estimate of drug-likeness (QED) is 0.250. The second kappa shape index (κ2) is 12.5. The second-order valence-electron chi connectivity index (χ2n) is 5.60. The van der Waals surface area contributed by atoms with E-state index in [2.05, 4.69) is 41.3 Å². The summed E-state index contributed by atoms with van der Waals surface area (Å²) in [7, 11) is 1.73. The second-order valence-corrected chi connectivity index (χ2v) is 5.60. The summed E-state index contributed by atoms with van der Waals surface area (Å²) in [6.07, 6.45) is 3.69. The van der Waals surface area contributed by atoms with E-state index >= 15 is 0 Å². The first-order valence-corrected chi connectivity index (χ1v) is 7.95. The lowest BCUT2D eigenvalue weighted by molar-refractivity contribution is 0.197. The number of methoxy groups -OCH3 is 1. The smallest absolute Gasteiger partial charge is 0.191 e. The van der Waals surface area contributed by atoms with Crippen molar-refractivity contribution in [3.8, 4) is 0 Å². The molecule has 0 saturated heterocycles. The molecular formula is C15H33IN4O. The highest BCUT2D eigenvalue weighted by atomic mass is 127. The fourth-order valence-corrected chi connectivity index (χ4v) is 2.31. The van der Waals surface area contributed by atoms with Gasteiger partial charge in [-0.15, -0.1) is 24.0 Å². The number of hydrogen-bond donors (Lipinski definition) is 2. The molecule has 0 aliphatic heterocycles. The van der Waals surface area contributed by atoms with Crippen LogP contribution in [0.15, 0.2) is 4.99 Å². The van der Waals surface area contributed by atoms with Gasteiger partial charge in [-0.3, -0.25) is 9.89 Å². The zero-order valence-electron chi connectivity index (χ0n) is 14.0. The molecular weight excluding hydrogens is 379 g/mol. The maximum Gasteiger partial charge on any atom is 0.191 e. The van der Waals surface area contributed by atoms with E-state index in [-0.39, 0.29) is 24.0 Å². The minimum Gasteiger partial charge on any atom is -0.385 e. The molecule has 6 heteroatoms. The summed E-state index contributed by atoms with van der Waals surface area (Å²) in [5, 5.41) is 6.71. The minimum absolute atomic E-state index is 0. The zero-order valence-corrected chi connectivity index (χ0v) is 16.4. The van der Waals surface area contributed by atoms with Crippen molar-refractivity contribution in [2.24, 2.45) is 4.99 Å². The Balaban J connectivity index is 0.00000400. The van der Waals surface area contributed by atoms with E-state index < -0.39 is 0 Å². The topological polar surface area (TPSA) is 48.9 Å². The molecule has 1 saturated carbocycles. The van der Waals surface area contributed by atoms with Crippen LogP contribution in [0.2, 0.25) is 0 Å². The summed E-state index contributed by atoms with van der Waals surface area (Å²) < 4.78 is 5.04. The number of rotatable bonds is 10. The number of nitrogens with one attached hydrogen (secondary N) is 2. The number of guanidine groups is 1. The van der Waals surface area contributed by atoms with Crippen LogP contribution in [0.4, 0.5) is 0 Å². The van der Waals surface area contributed by atoms with Crippen molar-refractivity contribution in [1.29, 1.82) is 0 Å². The van der Waals surface area contributed by atoms with Gasteiger partial charge in [-0.05, 0) is 40.0 Å². The Hall–Kier alpha value is -0.0800. The molecule has 1 aliphatic carbocycles. The van der Waals surface area contributed by atoms with Crippen LogP contribution < -0.4 is 10.6 Å². The first-order chi connectivity index (χ1) is 9.69. The lowest BCUT2D eigenvalue weighted by Gasteiger charge is -2.26. The third-order valence-electron chi connectivity index (χ3n) is 3.46. The van der Waals surface area contributed by atoms with Gasteiger partial charge in [-0.25, -0.2) is 0 Å². The molecule has 1 rings (SSSR count). The number of halogens is 1. The van der Waals surface area contributed by atoms with Crippen molar-refractivity contribution in [2.75, 3.05) is 39.9 Å². The summed E-state index contributed by atoms with van der Waals surface area (Å²) in [6, 6.07) is 1.45. The van der Waals surface area contributed by atoms with Crippen LogP contribution in [0.25, 0.3) is 0 Å². The van der Waals surface area contributed by atoms with E-state index in [4.69, 9.17) is 4.74 Å². The normalized spacial score (nSPS) is 15.2. The van der Waals surface area contributed by atoms with Crippen LogP contribution >= 0.6 is 24.0 Å². The van der Waals surface area contributed by atoms with Crippen LogP contribution in [0.3, 0.4) is 0 Å².